The summed E-state index contributed by atoms with van der Waals surface area (Å²) in [5.41, 5.74) is 0.597. The third-order valence-electron chi connectivity index (χ3n) is 1.79. The minimum atomic E-state index is -1.22. The van der Waals surface area contributed by atoms with E-state index in [1.807, 2.05) is 0 Å². The van der Waals surface area contributed by atoms with Gasteiger partial charge in [0.2, 0.25) is 0 Å². The Morgan fingerprint density at radius 1 is 1.43 bits per heavy atom. The normalized spacial score (nSPS) is 9.79. The Bertz CT molecular complexity index is 382. The molecule has 0 amide bonds. The lowest BCUT2D eigenvalue weighted by Crippen LogP contribution is -2.24. The Balaban J connectivity index is 3.00. The van der Waals surface area contributed by atoms with Gasteiger partial charge in [-0.15, -0.1) is 0 Å². The van der Waals surface area contributed by atoms with Crippen molar-refractivity contribution in [2.75, 3.05) is 0 Å². The number of carboxylic acids is 1. The summed E-state index contributed by atoms with van der Waals surface area (Å²) in [7, 11) is 0. The Labute approximate surface area is 80.8 Å². The lowest BCUT2D eigenvalue weighted by Gasteiger charge is -2.05. The zero-order valence-electron chi connectivity index (χ0n) is 7.61. The van der Waals surface area contributed by atoms with Crippen LogP contribution in [0.5, 0.6) is 5.75 Å². The number of hydrogen-bond acceptors (Lipinski definition) is 4. The van der Waals surface area contributed by atoms with Gasteiger partial charge in [-0.05, 0) is 24.6 Å². The number of carbonyl (C=O) groups excluding carboxylic acids is 2. The molecule has 1 aromatic carbocycles. The van der Waals surface area contributed by atoms with Crippen molar-refractivity contribution in [1.82, 2.24) is 0 Å². The van der Waals surface area contributed by atoms with Gasteiger partial charge in [0.1, 0.15) is 5.75 Å². The van der Waals surface area contributed by atoms with Gasteiger partial charge in [0.05, 0.1) is 5.56 Å². The number of carboxylic acid groups (broad SMARTS) is 1. The fraction of sp³-hybridized carbons (Fsp3) is 0.200. The Hall–Kier alpha value is -1.84. The SMILES string of the molecule is CC(=O)c1ccc(CC(=O)[O-])cc1O. The maximum atomic E-state index is 10.9. The molecule has 1 N–H and O–H groups in total. The van der Waals surface area contributed by atoms with Crippen molar-refractivity contribution in [1.29, 1.82) is 0 Å². The summed E-state index contributed by atoms with van der Waals surface area (Å²) >= 11 is 0. The zero-order valence-corrected chi connectivity index (χ0v) is 7.61. The summed E-state index contributed by atoms with van der Waals surface area (Å²) in [5.74, 6) is -1.68. The quantitative estimate of drug-likeness (QED) is 0.679. The van der Waals surface area contributed by atoms with Crippen LogP contribution >= 0.6 is 0 Å². The fourth-order valence-electron chi connectivity index (χ4n) is 1.15. The van der Waals surface area contributed by atoms with Crippen LogP contribution in [0.1, 0.15) is 22.8 Å². The van der Waals surface area contributed by atoms with Crippen LogP contribution in [0.15, 0.2) is 18.2 Å². The molecule has 0 bridgehead atoms. The molecule has 0 spiro atoms. The van der Waals surface area contributed by atoms with E-state index in [0.29, 0.717) is 5.56 Å². The maximum absolute atomic E-state index is 10.9. The van der Waals surface area contributed by atoms with E-state index in [-0.39, 0.29) is 23.5 Å². The zero-order chi connectivity index (χ0) is 10.7. The molecule has 1 rings (SSSR count). The number of carbonyl (C=O) groups is 2. The summed E-state index contributed by atoms with van der Waals surface area (Å²) in [6.07, 6.45) is -0.272. The van der Waals surface area contributed by atoms with Crippen LogP contribution in [0.3, 0.4) is 0 Å². The first-order chi connectivity index (χ1) is 6.50. The number of benzene rings is 1. The van der Waals surface area contributed by atoms with Crippen molar-refractivity contribution in [3.05, 3.63) is 29.3 Å². The topological polar surface area (TPSA) is 77.4 Å². The van der Waals surface area contributed by atoms with Gasteiger partial charge in [-0.2, -0.15) is 0 Å². The Morgan fingerprint density at radius 3 is 2.50 bits per heavy atom. The van der Waals surface area contributed by atoms with E-state index in [1.165, 1.54) is 25.1 Å². The highest BCUT2D eigenvalue weighted by atomic mass is 16.4. The lowest BCUT2D eigenvalue weighted by atomic mass is 10.1. The average molecular weight is 193 g/mol. The van der Waals surface area contributed by atoms with Crippen LogP contribution in [0, 0.1) is 0 Å². The molecule has 0 aliphatic carbocycles. The maximum Gasteiger partial charge on any atom is 0.163 e. The molecular formula is C10H9O4-. The van der Waals surface area contributed by atoms with Crippen LogP contribution in [-0.4, -0.2) is 16.9 Å². The standard InChI is InChI=1S/C10H10O4/c1-6(11)8-3-2-7(4-9(8)12)5-10(13)14/h2-4,12H,5H2,1H3,(H,13,14)/p-1. The van der Waals surface area contributed by atoms with E-state index in [1.54, 1.807) is 0 Å². The van der Waals surface area contributed by atoms with Gasteiger partial charge in [0, 0.05) is 12.4 Å². The van der Waals surface area contributed by atoms with E-state index in [9.17, 15) is 19.8 Å². The lowest BCUT2D eigenvalue weighted by molar-refractivity contribution is -0.304. The van der Waals surface area contributed by atoms with Gasteiger partial charge in [-0.3, -0.25) is 4.79 Å². The summed E-state index contributed by atoms with van der Waals surface area (Å²) in [5, 5.41) is 19.6. The molecule has 0 aliphatic heterocycles. The molecule has 0 unspecified atom stereocenters. The molecule has 0 saturated heterocycles. The molecule has 74 valence electrons. The first kappa shape index (κ1) is 10.2. The predicted molar refractivity (Wildman–Crippen MR) is 46.8 cm³/mol. The fourth-order valence-corrected chi connectivity index (χ4v) is 1.15. The highest BCUT2D eigenvalue weighted by Crippen LogP contribution is 2.19. The van der Waals surface area contributed by atoms with Crippen LogP contribution in [0.25, 0.3) is 0 Å². The molecule has 0 aliphatic rings. The monoisotopic (exact) mass is 193 g/mol. The highest BCUT2D eigenvalue weighted by Gasteiger charge is 2.06. The number of ketones is 1. The van der Waals surface area contributed by atoms with Crippen molar-refractivity contribution in [3.63, 3.8) is 0 Å². The van der Waals surface area contributed by atoms with Gasteiger partial charge < -0.3 is 15.0 Å². The van der Waals surface area contributed by atoms with E-state index < -0.39 is 5.97 Å². The minimum absolute atomic E-state index is 0.187. The van der Waals surface area contributed by atoms with Crippen molar-refractivity contribution in [2.24, 2.45) is 0 Å². The molecule has 0 saturated carbocycles. The molecule has 0 heterocycles. The summed E-state index contributed by atoms with van der Waals surface area (Å²) < 4.78 is 0. The molecule has 0 atom stereocenters. The number of rotatable bonds is 3. The van der Waals surface area contributed by atoms with Crippen LogP contribution in [-0.2, 0) is 11.2 Å². The van der Waals surface area contributed by atoms with E-state index in [2.05, 4.69) is 0 Å². The molecule has 4 nitrogen and oxygen atoms in total. The van der Waals surface area contributed by atoms with Gasteiger partial charge in [-0.1, -0.05) is 6.07 Å². The number of phenols is 1. The number of aliphatic carboxylic acids is 1. The largest absolute Gasteiger partial charge is 0.550 e. The predicted octanol–water partition coefficient (Wildman–Crippen LogP) is -0.113. The molecule has 1 aromatic rings. The van der Waals surface area contributed by atoms with Gasteiger partial charge >= 0.3 is 0 Å². The highest BCUT2D eigenvalue weighted by molar-refractivity contribution is 5.96. The van der Waals surface area contributed by atoms with Gasteiger partial charge in [0.25, 0.3) is 0 Å². The third kappa shape index (κ3) is 2.32. The summed E-state index contributed by atoms with van der Waals surface area (Å²) in [4.78, 5) is 21.2. The molecule has 4 heteroatoms. The summed E-state index contributed by atoms with van der Waals surface area (Å²) in [6, 6.07) is 4.13. The number of phenolic OH excluding ortho intramolecular Hbond substituents is 1. The number of hydrogen-bond donors (Lipinski definition) is 1. The smallest absolute Gasteiger partial charge is 0.163 e. The van der Waals surface area contributed by atoms with Crippen molar-refractivity contribution >= 4 is 11.8 Å². The van der Waals surface area contributed by atoms with Crippen LogP contribution in [0.2, 0.25) is 0 Å². The second kappa shape index (κ2) is 3.91. The van der Waals surface area contributed by atoms with E-state index in [4.69, 9.17) is 0 Å². The average Bonchev–Trinajstić information content (AvgIpc) is 2.01. The second-order valence-electron chi connectivity index (χ2n) is 2.96. The third-order valence-corrected chi connectivity index (χ3v) is 1.79. The summed E-state index contributed by atoms with van der Waals surface area (Å²) in [6.45, 7) is 1.33. The van der Waals surface area contributed by atoms with Gasteiger partial charge in [-0.25, -0.2) is 0 Å². The van der Waals surface area contributed by atoms with Crippen molar-refractivity contribution < 1.29 is 19.8 Å². The molecule has 0 fully saturated rings. The molecule has 0 aromatic heterocycles. The van der Waals surface area contributed by atoms with Crippen molar-refractivity contribution in [3.8, 4) is 5.75 Å². The minimum Gasteiger partial charge on any atom is -0.550 e. The van der Waals surface area contributed by atoms with Gasteiger partial charge in [0.15, 0.2) is 5.78 Å². The van der Waals surface area contributed by atoms with Crippen LogP contribution < -0.4 is 5.11 Å². The second-order valence-corrected chi connectivity index (χ2v) is 2.96. The number of aromatic hydroxyl groups is 1. The van der Waals surface area contributed by atoms with Crippen molar-refractivity contribution in [2.45, 2.75) is 13.3 Å². The first-order valence-corrected chi connectivity index (χ1v) is 4.03. The first-order valence-electron chi connectivity index (χ1n) is 4.03. The Kier molecular flexibility index (Phi) is 2.86. The molecular weight excluding hydrogens is 184 g/mol. The van der Waals surface area contributed by atoms with E-state index in [0.717, 1.165) is 0 Å². The number of Topliss-reactive ketones (excluding diaryl/α,β-unsaturated/α-hetero) is 1. The van der Waals surface area contributed by atoms with E-state index >= 15 is 0 Å². The molecule has 14 heavy (non-hydrogen) atoms. The van der Waals surface area contributed by atoms with Crippen LogP contribution in [0.4, 0.5) is 0 Å². The molecule has 0 radical (unpaired) electrons. The Morgan fingerprint density at radius 2 is 2.07 bits per heavy atom.